The third kappa shape index (κ3) is 3.33. The van der Waals surface area contributed by atoms with E-state index in [-0.39, 0.29) is 17.5 Å². The number of aliphatic carboxylic acids is 1. The van der Waals surface area contributed by atoms with Crippen molar-refractivity contribution in [1.82, 2.24) is 8.87 Å². The number of nitrogens with zero attached hydrogens (tertiary/aromatic N) is 3. The second-order valence-electron chi connectivity index (χ2n) is 7.51. The number of sulfonamides is 1. The van der Waals surface area contributed by atoms with Gasteiger partial charge in [-0.2, -0.15) is 4.31 Å². The third-order valence-corrected chi connectivity index (χ3v) is 7.55. The highest BCUT2D eigenvalue weighted by molar-refractivity contribution is 7.89. The maximum atomic E-state index is 13.2. The van der Waals surface area contributed by atoms with E-state index < -0.39 is 21.8 Å². The zero-order chi connectivity index (χ0) is 21.6. The van der Waals surface area contributed by atoms with Crippen molar-refractivity contribution < 1.29 is 22.7 Å². The lowest BCUT2D eigenvalue weighted by molar-refractivity contribution is -0.137. The first-order valence-electron chi connectivity index (χ1n) is 9.46. The van der Waals surface area contributed by atoms with Crippen LogP contribution in [0.15, 0.2) is 53.4 Å². The van der Waals surface area contributed by atoms with E-state index in [0.29, 0.717) is 13.0 Å². The Morgan fingerprint density at radius 1 is 1.20 bits per heavy atom. The molecule has 0 saturated carbocycles. The number of para-hydroxylation sites is 1. The van der Waals surface area contributed by atoms with Crippen LogP contribution in [0.4, 0.5) is 10.2 Å². The number of fused-ring (bicyclic) bond motifs is 3. The average Bonchev–Trinajstić information content (AvgIpc) is 3.01. The van der Waals surface area contributed by atoms with Gasteiger partial charge in [0.25, 0.3) is 0 Å². The van der Waals surface area contributed by atoms with Crippen LogP contribution in [-0.4, -0.2) is 55.0 Å². The third-order valence-electron chi connectivity index (χ3n) is 5.63. The Morgan fingerprint density at radius 2 is 1.87 bits per heavy atom. The molecule has 1 atom stereocenters. The van der Waals surface area contributed by atoms with Crippen LogP contribution in [0.1, 0.15) is 5.56 Å². The van der Waals surface area contributed by atoms with Crippen molar-refractivity contribution in [2.75, 3.05) is 25.5 Å². The van der Waals surface area contributed by atoms with Crippen molar-refractivity contribution in [2.24, 2.45) is 0 Å². The van der Waals surface area contributed by atoms with Crippen LogP contribution in [0.3, 0.4) is 0 Å². The summed E-state index contributed by atoms with van der Waals surface area (Å²) >= 11 is 0. The number of rotatable bonds is 5. The molecule has 9 heteroatoms. The quantitative estimate of drug-likeness (QED) is 0.671. The van der Waals surface area contributed by atoms with Gasteiger partial charge in [0.1, 0.15) is 18.2 Å². The predicted octanol–water partition coefficient (Wildman–Crippen LogP) is 2.55. The first-order chi connectivity index (χ1) is 14.2. The summed E-state index contributed by atoms with van der Waals surface area (Å²) in [6, 6.07) is 12.0. The van der Waals surface area contributed by atoms with E-state index in [4.69, 9.17) is 0 Å². The number of likely N-dealkylation sites (N-methyl/N-ethyl adjacent to an activating group) is 2. The fourth-order valence-electron chi connectivity index (χ4n) is 4.21. The van der Waals surface area contributed by atoms with Gasteiger partial charge in [-0.3, -0.25) is 4.79 Å². The van der Waals surface area contributed by atoms with Gasteiger partial charge in [0, 0.05) is 37.6 Å². The summed E-state index contributed by atoms with van der Waals surface area (Å²) in [4.78, 5) is 13.4. The molecular weight excluding hydrogens is 409 g/mol. The van der Waals surface area contributed by atoms with Gasteiger partial charge >= 0.3 is 5.97 Å². The Morgan fingerprint density at radius 3 is 2.53 bits per heavy atom. The first kappa shape index (κ1) is 20.4. The number of carbonyl (C=O) groups is 1. The molecule has 0 fully saturated rings. The molecule has 3 aromatic rings. The zero-order valence-electron chi connectivity index (χ0n) is 16.6. The molecule has 1 N–H and O–H groups in total. The molecule has 1 unspecified atom stereocenters. The first-order valence-corrected chi connectivity index (χ1v) is 10.9. The van der Waals surface area contributed by atoms with Crippen molar-refractivity contribution in [1.29, 1.82) is 0 Å². The molecular formula is C21H22FN3O4S. The Balaban J connectivity index is 1.75. The molecule has 4 rings (SSSR count). The maximum Gasteiger partial charge on any atom is 0.323 e. The molecule has 30 heavy (non-hydrogen) atoms. The Bertz CT molecular complexity index is 1220. The summed E-state index contributed by atoms with van der Waals surface area (Å²) in [5.74, 6) is -0.641. The minimum atomic E-state index is -3.81. The number of anilines is 1. The maximum absolute atomic E-state index is 13.2. The topological polar surface area (TPSA) is 82.9 Å². The van der Waals surface area contributed by atoms with Crippen LogP contribution < -0.4 is 4.90 Å². The Labute approximate surface area is 174 Å². The molecule has 1 aromatic heterocycles. The highest BCUT2D eigenvalue weighted by Crippen LogP contribution is 2.37. The molecule has 158 valence electrons. The van der Waals surface area contributed by atoms with Crippen LogP contribution in [-0.2, 0) is 27.8 Å². The zero-order valence-corrected chi connectivity index (χ0v) is 17.4. The number of carboxylic acids is 1. The standard InChI is InChI=1S/C21H22FN3O4S/c1-23-12-15(24(2)30(28,29)16-9-7-14(22)8-10-16)11-18-17-5-3-4-6-19(17)25(21(18)23)13-20(26)27/h3-10,15H,11-13H2,1-2H3,(H,26,27). The van der Waals surface area contributed by atoms with E-state index in [1.54, 1.807) is 4.57 Å². The second-order valence-corrected chi connectivity index (χ2v) is 9.51. The predicted molar refractivity (Wildman–Crippen MR) is 112 cm³/mol. The smallest absolute Gasteiger partial charge is 0.323 e. The SMILES string of the molecule is CN1CC(N(C)S(=O)(=O)c2ccc(F)cc2)Cc2c1n(CC(=O)O)c1ccccc21. The molecule has 2 aromatic carbocycles. The number of aromatic nitrogens is 1. The van der Waals surface area contributed by atoms with Crippen molar-refractivity contribution >= 4 is 32.7 Å². The molecule has 0 amide bonds. The Kier molecular flexibility index (Phi) is 5.03. The van der Waals surface area contributed by atoms with Crippen LogP contribution >= 0.6 is 0 Å². The lowest BCUT2D eigenvalue weighted by atomic mass is 10.00. The van der Waals surface area contributed by atoms with Crippen molar-refractivity contribution in [3.63, 3.8) is 0 Å². The minimum absolute atomic E-state index is 0.0353. The number of benzene rings is 2. The molecule has 0 saturated heterocycles. The monoisotopic (exact) mass is 431 g/mol. The van der Waals surface area contributed by atoms with E-state index in [1.807, 2.05) is 36.2 Å². The van der Waals surface area contributed by atoms with Gasteiger partial charge in [0.05, 0.1) is 10.4 Å². The van der Waals surface area contributed by atoms with E-state index >= 15 is 0 Å². The number of hydrogen-bond acceptors (Lipinski definition) is 4. The van der Waals surface area contributed by atoms with E-state index in [2.05, 4.69) is 0 Å². The summed E-state index contributed by atoms with van der Waals surface area (Å²) < 4.78 is 42.5. The summed E-state index contributed by atoms with van der Waals surface area (Å²) in [7, 11) is -0.447. The molecule has 1 aliphatic rings. The summed E-state index contributed by atoms with van der Waals surface area (Å²) in [5, 5.41) is 10.3. The van der Waals surface area contributed by atoms with Crippen LogP contribution in [0.5, 0.6) is 0 Å². The van der Waals surface area contributed by atoms with E-state index in [0.717, 1.165) is 34.4 Å². The van der Waals surface area contributed by atoms with Crippen LogP contribution in [0.25, 0.3) is 10.9 Å². The molecule has 0 bridgehead atoms. The minimum Gasteiger partial charge on any atom is -0.480 e. The molecule has 0 radical (unpaired) electrons. The Hall–Kier alpha value is -2.91. The average molecular weight is 431 g/mol. The number of hydrogen-bond donors (Lipinski definition) is 1. The normalized spacial score (nSPS) is 16.8. The van der Waals surface area contributed by atoms with Crippen LogP contribution in [0.2, 0.25) is 0 Å². The lowest BCUT2D eigenvalue weighted by Gasteiger charge is -2.37. The van der Waals surface area contributed by atoms with Crippen LogP contribution in [0, 0.1) is 5.82 Å². The molecule has 0 spiro atoms. The van der Waals surface area contributed by atoms with Crippen molar-refractivity contribution in [2.45, 2.75) is 23.9 Å². The number of carboxylic acid groups (broad SMARTS) is 1. The largest absolute Gasteiger partial charge is 0.480 e. The molecule has 2 heterocycles. The van der Waals surface area contributed by atoms with Crippen molar-refractivity contribution in [3.05, 3.63) is 59.9 Å². The van der Waals surface area contributed by atoms with Gasteiger partial charge in [-0.05, 0) is 36.8 Å². The van der Waals surface area contributed by atoms with Crippen molar-refractivity contribution in [3.8, 4) is 0 Å². The molecule has 7 nitrogen and oxygen atoms in total. The fourth-order valence-corrected chi connectivity index (χ4v) is 5.56. The lowest BCUT2D eigenvalue weighted by Crippen LogP contribution is -2.48. The highest BCUT2D eigenvalue weighted by Gasteiger charge is 2.35. The van der Waals surface area contributed by atoms with Gasteiger partial charge < -0.3 is 14.6 Å². The second kappa shape index (κ2) is 7.41. The van der Waals surface area contributed by atoms with Gasteiger partial charge in [-0.25, -0.2) is 12.8 Å². The van der Waals surface area contributed by atoms with Gasteiger partial charge in [0.15, 0.2) is 0 Å². The summed E-state index contributed by atoms with van der Waals surface area (Å²) in [5.41, 5.74) is 1.73. The van der Waals surface area contributed by atoms with Gasteiger partial charge in [-0.1, -0.05) is 18.2 Å². The number of halogens is 1. The molecule has 1 aliphatic heterocycles. The van der Waals surface area contributed by atoms with E-state index in [9.17, 15) is 22.7 Å². The van der Waals surface area contributed by atoms with E-state index in [1.165, 1.54) is 23.5 Å². The molecule has 0 aliphatic carbocycles. The van der Waals surface area contributed by atoms with Gasteiger partial charge in [0.2, 0.25) is 10.0 Å². The van der Waals surface area contributed by atoms with Gasteiger partial charge in [-0.15, -0.1) is 0 Å². The summed E-state index contributed by atoms with van der Waals surface area (Å²) in [6.07, 6.45) is 0.448. The summed E-state index contributed by atoms with van der Waals surface area (Å²) in [6.45, 7) is 0.231. The fraction of sp³-hybridized carbons (Fsp3) is 0.286. The highest BCUT2D eigenvalue weighted by atomic mass is 32.2.